The highest BCUT2D eigenvalue weighted by atomic mass is 19.4. The maximum Gasteiger partial charge on any atom is 0.418 e. The van der Waals surface area contributed by atoms with Crippen molar-refractivity contribution in [2.45, 2.75) is 6.18 Å². The predicted molar refractivity (Wildman–Crippen MR) is 80.6 cm³/mol. The quantitative estimate of drug-likeness (QED) is 0.688. The molecule has 1 aromatic rings. The van der Waals surface area contributed by atoms with Gasteiger partial charge in [0.2, 0.25) is 0 Å². The molecule has 7 heteroatoms. The summed E-state index contributed by atoms with van der Waals surface area (Å²) in [5, 5.41) is 0. The molecule has 1 rings (SSSR count). The number of hydrogen-bond acceptors (Lipinski definition) is 4. The first-order valence-corrected chi connectivity index (χ1v) is 6.94. The minimum Gasteiger partial charge on any atom is -0.491 e. The molecule has 0 fully saturated rings. The summed E-state index contributed by atoms with van der Waals surface area (Å²) in [6, 6.07) is 4.03. The van der Waals surface area contributed by atoms with Gasteiger partial charge in [0.1, 0.15) is 12.4 Å². The van der Waals surface area contributed by atoms with Gasteiger partial charge in [-0.05, 0) is 32.3 Å². The van der Waals surface area contributed by atoms with Crippen molar-refractivity contribution in [1.82, 2.24) is 4.90 Å². The molecule has 0 aromatic heterocycles. The lowest BCUT2D eigenvalue weighted by molar-refractivity contribution is -0.137. The lowest BCUT2D eigenvalue weighted by atomic mass is 10.1. The van der Waals surface area contributed by atoms with E-state index in [4.69, 9.17) is 9.47 Å². The molecule has 0 heterocycles. The minimum absolute atomic E-state index is 0.147. The zero-order valence-corrected chi connectivity index (χ0v) is 13.4. The fourth-order valence-electron chi connectivity index (χ4n) is 1.88. The van der Waals surface area contributed by atoms with E-state index in [1.165, 1.54) is 13.2 Å². The zero-order valence-electron chi connectivity index (χ0n) is 13.4. The molecule has 126 valence electrons. The molecule has 1 aromatic carbocycles. The number of methoxy groups -OCH3 is 1. The van der Waals surface area contributed by atoms with Gasteiger partial charge in [-0.3, -0.25) is 0 Å². The second kappa shape index (κ2) is 8.24. The van der Waals surface area contributed by atoms with Crippen molar-refractivity contribution in [2.24, 2.45) is 0 Å². The number of nitrogens with zero attached hydrogens (tertiary/aromatic N) is 2. The summed E-state index contributed by atoms with van der Waals surface area (Å²) in [5.74, 6) is 0.189. The van der Waals surface area contributed by atoms with Crippen LogP contribution in [0.3, 0.4) is 0 Å². The summed E-state index contributed by atoms with van der Waals surface area (Å²) in [4.78, 5) is 3.52. The van der Waals surface area contributed by atoms with Gasteiger partial charge in [0, 0.05) is 32.9 Å². The number of rotatable bonds is 8. The molecule has 0 aliphatic rings. The van der Waals surface area contributed by atoms with E-state index in [2.05, 4.69) is 0 Å². The van der Waals surface area contributed by atoms with E-state index in [9.17, 15) is 13.2 Å². The molecule has 0 amide bonds. The third-order valence-electron chi connectivity index (χ3n) is 3.12. The van der Waals surface area contributed by atoms with E-state index in [0.717, 1.165) is 6.07 Å². The fraction of sp³-hybridized carbons (Fsp3) is 0.600. The Kier molecular flexibility index (Phi) is 6.96. The molecular formula is C15H23F3N2O2. The number of ether oxygens (including phenoxy) is 2. The van der Waals surface area contributed by atoms with Gasteiger partial charge in [-0.15, -0.1) is 0 Å². The number of alkyl halides is 3. The Hall–Kier alpha value is -1.47. The number of hydrogen-bond donors (Lipinski definition) is 0. The highest BCUT2D eigenvalue weighted by Gasteiger charge is 2.35. The average molecular weight is 320 g/mol. The van der Waals surface area contributed by atoms with Crippen molar-refractivity contribution in [1.29, 1.82) is 0 Å². The van der Waals surface area contributed by atoms with Crippen molar-refractivity contribution in [3.05, 3.63) is 23.8 Å². The number of halogens is 3. The van der Waals surface area contributed by atoms with Gasteiger partial charge in [-0.2, -0.15) is 13.2 Å². The lowest BCUT2D eigenvalue weighted by Crippen LogP contribution is -2.30. The second-order valence-corrected chi connectivity index (χ2v) is 5.24. The van der Waals surface area contributed by atoms with Crippen LogP contribution in [0.1, 0.15) is 5.56 Å². The van der Waals surface area contributed by atoms with Crippen molar-refractivity contribution >= 4 is 5.69 Å². The second-order valence-electron chi connectivity index (χ2n) is 5.24. The normalized spacial score (nSPS) is 11.8. The van der Waals surface area contributed by atoms with Gasteiger partial charge in [0.25, 0.3) is 0 Å². The van der Waals surface area contributed by atoms with Gasteiger partial charge in [0.15, 0.2) is 0 Å². The third kappa shape index (κ3) is 5.73. The van der Waals surface area contributed by atoms with Crippen LogP contribution < -0.4 is 9.64 Å². The predicted octanol–water partition coefficient (Wildman–Crippen LogP) is 2.73. The standard InChI is InChI=1S/C15H23F3N2O2/c1-19(2)7-8-20(3)14-6-5-12(22-10-9-21-4)11-13(14)15(16,17)18/h5-6,11H,7-10H2,1-4H3. The Bertz CT molecular complexity index is 465. The Labute approximate surface area is 129 Å². The number of likely N-dealkylation sites (N-methyl/N-ethyl adjacent to an activating group) is 2. The molecule has 0 bridgehead atoms. The van der Waals surface area contributed by atoms with Crippen molar-refractivity contribution in [3.8, 4) is 5.75 Å². The first kappa shape index (κ1) is 18.6. The molecule has 0 saturated heterocycles. The topological polar surface area (TPSA) is 24.9 Å². The maximum atomic E-state index is 13.3. The SMILES string of the molecule is COCCOc1ccc(N(C)CCN(C)C)c(C(F)(F)F)c1. The van der Waals surface area contributed by atoms with Crippen LogP contribution in [-0.4, -0.2) is 59.5 Å². The summed E-state index contributed by atoms with van der Waals surface area (Å²) < 4.78 is 49.9. The van der Waals surface area contributed by atoms with E-state index in [1.807, 2.05) is 19.0 Å². The van der Waals surface area contributed by atoms with E-state index < -0.39 is 11.7 Å². The van der Waals surface area contributed by atoms with E-state index in [1.54, 1.807) is 18.0 Å². The van der Waals surface area contributed by atoms with Gasteiger partial charge in [0.05, 0.1) is 12.2 Å². The van der Waals surface area contributed by atoms with Gasteiger partial charge >= 0.3 is 6.18 Å². The molecule has 0 atom stereocenters. The summed E-state index contributed by atoms with van der Waals surface area (Å²) >= 11 is 0. The Morgan fingerprint density at radius 2 is 1.73 bits per heavy atom. The fourth-order valence-corrected chi connectivity index (χ4v) is 1.88. The molecule has 0 aliphatic carbocycles. The minimum atomic E-state index is -4.43. The molecule has 0 saturated carbocycles. The maximum absolute atomic E-state index is 13.3. The van der Waals surface area contributed by atoms with Gasteiger partial charge in [-0.1, -0.05) is 0 Å². The van der Waals surface area contributed by atoms with Crippen LogP contribution in [0.15, 0.2) is 18.2 Å². The van der Waals surface area contributed by atoms with Gasteiger partial charge in [-0.25, -0.2) is 0 Å². The van der Waals surface area contributed by atoms with Crippen molar-refractivity contribution in [2.75, 3.05) is 59.5 Å². The molecule has 0 unspecified atom stereocenters. The van der Waals surface area contributed by atoms with Crippen LogP contribution >= 0.6 is 0 Å². The van der Waals surface area contributed by atoms with Crippen LogP contribution in [0.4, 0.5) is 18.9 Å². The van der Waals surface area contributed by atoms with Crippen LogP contribution in [0.5, 0.6) is 5.75 Å². The highest BCUT2D eigenvalue weighted by Crippen LogP contribution is 2.38. The van der Waals surface area contributed by atoms with Crippen LogP contribution in [0, 0.1) is 0 Å². The first-order chi connectivity index (χ1) is 10.3. The Morgan fingerprint density at radius 3 is 2.27 bits per heavy atom. The Balaban J connectivity index is 2.96. The van der Waals surface area contributed by atoms with E-state index in [0.29, 0.717) is 19.7 Å². The molecule has 0 aliphatic heterocycles. The Morgan fingerprint density at radius 1 is 1.05 bits per heavy atom. The zero-order chi connectivity index (χ0) is 16.8. The number of anilines is 1. The van der Waals surface area contributed by atoms with Crippen molar-refractivity contribution in [3.63, 3.8) is 0 Å². The third-order valence-corrected chi connectivity index (χ3v) is 3.12. The summed E-state index contributed by atoms with van der Waals surface area (Å²) in [5.41, 5.74) is -0.544. The first-order valence-electron chi connectivity index (χ1n) is 6.94. The van der Waals surface area contributed by atoms with E-state index in [-0.39, 0.29) is 18.0 Å². The van der Waals surface area contributed by atoms with Crippen LogP contribution in [0.25, 0.3) is 0 Å². The van der Waals surface area contributed by atoms with Gasteiger partial charge < -0.3 is 19.3 Å². The molecule has 4 nitrogen and oxygen atoms in total. The smallest absolute Gasteiger partial charge is 0.418 e. The molecule has 0 radical (unpaired) electrons. The summed E-state index contributed by atoms with van der Waals surface area (Å²) in [7, 11) is 6.92. The highest BCUT2D eigenvalue weighted by molar-refractivity contribution is 5.57. The molecule has 0 N–H and O–H groups in total. The van der Waals surface area contributed by atoms with Crippen LogP contribution in [0.2, 0.25) is 0 Å². The summed E-state index contributed by atoms with van der Waals surface area (Å²) in [6.45, 7) is 1.70. The summed E-state index contributed by atoms with van der Waals surface area (Å²) in [6.07, 6.45) is -4.43. The average Bonchev–Trinajstić information content (AvgIpc) is 2.44. The monoisotopic (exact) mass is 320 g/mol. The molecule has 0 spiro atoms. The molecular weight excluding hydrogens is 297 g/mol. The van der Waals surface area contributed by atoms with E-state index >= 15 is 0 Å². The molecule has 22 heavy (non-hydrogen) atoms. The lowest BCUT2D eigenvalue weighted by Gasteiger charge is -2.25. The largest absolute Gasteiger partial charge is 0.491 e. The number of benzene rings is 1. The van der Waals surface area contributed by atoms with Crippen LogP contribution in [-0.2, 0) is 10.9 Å². The van der Waals surface area contributed by atoms with Crippen molar-refractivity contribution < 1.29 is 22.6 Å².